The molecular formula is C84H134N2Pd. The Balaban J connectivity index is 0.000000809. The van der Waals surface area contributed by atoms with Crippen molar-refractivity contribution < 1.29 is 22.7 Å². The predicted molar refractivity (Wildman–Crippen MR) is 383 cm³/mol. The standard InChI is InChI=1S/C68H116N2.2C8H9.Pd/c1-6-11-16-18-20-22-24-26-28-30-32-34-36-38-40-42-44-46-50-62-53-60(48-13-8-3)55-65(56-62)67-59-64(52-15-10-5)68(70(67)69)66-57-61(49-14-9-4)54-63(58-66)51-47-45-43-41-39-37-35-33-31-29-27-25-23-21-19-17-12-7-2;2*1-2-8-6-4-3-5-7-8;/h53-59H,6-52H2,1-5H3;2*3-7H,1-2H2;. The second-order valence-electron chi connectivity index (χ2n) is 26.6. The number of hydrogen-bond donors (Lipinski definition) is 0. The number of unbranched alkanes of at least 4 members (excludes halogenated alkanes) is 37. The second kappa shape index (κ2) is 53.3. The third kappa shape index (κ3) is 36.9. The van der Waals surface area contributed by atoms with Crippen molar-refractivity contribution in [2.75, 3.05) is 0 Å². The van der Waals surface area contributed by atoms with Gasteiger partial charge in [-0.25, -0.2) is 4.70 Å². The zero-order valence-electron chi connectivity index (χ0n) is 57.6. The van der Waals surface area contributed by atoms with Crippen LogP contribution in [-0.2, 0) is 56.5 Å². The average molecular weight is 1280 g/mol. The summed E-state index contributed by atoms with van der Waals surface area (Å²) in [5.74, 6) is 0. The zero-order chi connectivity index (χ0) is 61.7. The summed E-state index contributed by atoms with van der Waals surface area (Å²) in [6.07, 6.45) is 68.4. The van der Waals surface area contributed by atoms with Crippen molar-refractivity contribution in [2.24, 2.45) is 0 Å². The minimum atomic E-state index is 0.891. The first-order valence-corrected chi connectivity index (χ1v) is 39.9. The fourth-order valence-electron chi connectivity index (χ4n) is 12.9. The van der Waals surface area contributed by atoms with Crippen LogP contribution in [0.5, 0.6) is 0 Å². The molecular weight excluding hydrogens is 1140 g/mol. The van der Waals surface area contributed by atoms with Gasteiger partial charge in [-0.3, -0.25) is 0 Å². The number of benzene rings is 4. The van der Waals surface area contributed by atoms with Crippen LogP contribution in [0.15, 0.2) is 109 Å². The molecule has 5 rings (SSSR count). The minimum absolute atomic E-state index is 0.891. The molecule has 0 aliphatic carbocycles. The van der Waals surface area contributed by atoms with Crippen LogP contribution in [0.3, 0.4) is 0 Å². The summed E-state index contributed by atoms with van der Waals surface area (Å²) in [6.45, 7) is 11.5. The molecule has 1 aliphatic rings. The third-order valence-electron chi connectivity index (χ3n) is 18.4. The van der Waals surface area contributed by atoms with Gasteiger partial charge in [0.15, 0.2) is 0 Å². The Kier molecular flexibility index (Phi) is 46.6. The van der Waals surface area contributed by atoms with Crippen molar-refractivity contribution in [2.45, 2.75) is 359 Å². The van der Waals surface area contributed by atoms with E-state index in [9.17, 15) is 5.53 Å². The van der Waals surface area contributed by atoms with E-state index in [2.05, 4.69) is 138 Å². The topological polar surface area (TPSA) is 25.3 Å². The summed E-state index contributed by atoms with van der Waals surface area (Å²) in [5, 5.41) is 0. The fourth-order valence-corrected chi connectivity index (χ4v) is 14.7. The SMILES string of the molecule is CCCCCCCCCCCCCCCCCCCCc1cc(CCCC)cc(C2=CC(CCCC)=C(c3cc(CCCC)cc(CCCCCCCCCCCCCCCCCCCC)c3)[N+]2=[N-])c1.c1ccc(C[CH2][Pd][CH2]Cc2ccccc2)cc1. The van der Waals surface area contributed by atoms with Crippen molar-refractivity contribution in [3.63, 3.8) is 0 Å². The van der Waals surface area contributed by atoms with E-state index in [1.807, 2.05) is 0 Å². The molecule has 0 fully saturated rings. The van der Waals surface area contributed by atoms with Gasteiger partial charge in [0.1, 0.15) is 0 Å². The van der Waals surface area contributed by atoms with Crippen LogP contribution in [0.4, 0.5) is 0 Å². The van der Waals surface area contributed by atoms with Gasteiger partial charge >= 0.3 is 112 Å². The van der Waals surface area contributed by atoms with Gasteiger partial charge in [0, 0.05) is 22.8 Å². The molecule has 0 bridgehead atoms. The van der Waals surface area contributed by atoms with E-state index in [1.165, 1.54) is 330 Å². The van der Waals surface area contributed by atoms with Gasteiger partial charge in [-0.15, -0.1) is 0 Å². The van der Waals surface area contributed by atoms with Crippen LogP contribution in [-0.4, -0.2) is 4.70 Å². The van der Waals surface area contributed by atoms with Crippen molar-refractivity contribution in [1.82, 2.24) is 0 Å². The Labute approximate surface area is 548 Å². The van der Waals surface area contributed by atoms with Crippen LogP contribution in [0.2, 0.25) is 9.79 Å². The molecule has 0 spiro atoms. The summed E-state index contributed by atoms with van der Waals surface area (Å²) in [4.78, 5) is 2.70. The first-order chi connectivity index (χ1) is 43.0. The van der Waals surface area contributed by atoms with Crippen molar-refractivity contribution in [3.8, 4) is 0 Å². The Morgan fingerprint density at radius 3 is 0.874 bits per heavy atom. The third-order valence-corrected chi connectivity index (χ3v) is 20.3. The molecule has 0 saturated carbocycles. The maximum absolute atomic E-state index is 12.3. The summed E-state index contributed by atoms with van der Waals surface area (Å²) < 4.78 is 1.60. The van der Waals surface area contributed by atoms with E-state index in [1.54, 1.807) is 4.70 Å². The van der Waals surface area contributed by atoms with Crippen LogP contribution in [0.25, 0.3) is 16.9 Å². The molecule has 1 aliphatic heterocycles. The molecule has 0 unspecified atom stereocenters. The van der Waals surface area contributed by atoms with Crippen molar-refractivity contribution >= 4 is 11.4 Å². The number of rotatable bonds is 55. The molecule has 490 valence electrons. The molecule has 0 aromatic heterocycles. The monoisotopic (exact) mass is 1280 g/mol. The molecule has 87 heavy (non-hydrogen) atoms. The first-order valence-electron chi connectivity index (χ1n) is 37.7. The molecule has 0 atom stereocenters. The van der Waals surface area contributed by atoms with Gasteiger partial charge in [-0.1, -0.05) is 284 Å². The zero-order valence-corrected chi connectivity index (χ0v) is 59.1. The van der Waals surface area contributed by atoms with Crippen LogP contribution < -0.4 is 0 Å². The second-order valence-corrected chi connectivity index (χ2v) is 28.9. The molecule has 2 nitrogen and oxygen atoms in total. The number of allylic oxidation sites excluding steroid dienone is 2. The van der Waals surface area contributed by atoms with Crippen molar-refractivity contribution in [3.05, 3.63) is 159 Å². The van der Waals surface area contributed by atoms with E-state index in [0.29, 0.717) is 0 Å². The van der Waals surface area contributed by atoms with E-state index in [0.717, 1.165) is 74.3 Å². The Morgan fingerprint density at radius 1 is 0.276 bits per heavy atom. The molecule has 0 radical (unpaired) electrons. The molecule has 1 heterocycles. The van der Waals surface area contributed by atoms with Gasteiger partial charge < -0.3 is 5.53 Å². The van der Waals surface area contributed by atoms with Gasteiger partial charge in [0.2, 0.25) is 11.4 Å². The molecule has 0 N–H and O–H groups in total. The quantitative estimate of drug-likeness (QED) is 0.0239. The van der Waals surface area contributed by atoms with Gasteiger partial charge in [-0.05, 0) is 111 Å². The number of hydrogen-bond acceptors (Lipinski definition) is 0. The summed E-state index contributed by atoms with van der Waals surface area (Å²) in [6, 6.07) is 36.2. The summed E-state index contributed by atoms with van der Waals surface area (Å²) >= 11 is 0.891. The maximum atomic E-state index is 12.3. The Hall–Kier alpha value is -3.38. The predicted octanol–water partition coefficient (Wildman–Crippen LogP) is 27.9. The normalized spacial score (nSPS) is 12.4. The number of nitrogens with zero attached hydrogens (tertiary/aromatic N) is 2. The van der Waals surface area contributed by atoms with E-state index < -0.39 is 0 Å². The van der Waals surface area contributed by atoms with Gasteiger partial charge in [0.05, 0.1) is 0 Å². The molecule has 3 heteroatoms. The van der Waals surface area contributed by atoms with E-state index in [-0.39, 0.29) is 0 Å². The summed E-state index contributed by atoms with van der Waals surface area (Å²) in [5.41, 5.74) is 26.8. The fraction of sp³-hybridized carbons (Fsp3) is 0.667. The average Bonchev–Trinajstić information content (AvgIpc) is 1.90. The van der Waals surface area contributed by atoms with Crippen LogP contribution in [0, 0.1) is 0 Å². The number of aryl methyl sites for hydroxylation is 6. The molecule has 4 aromatic rings. The van der Waals surface area contributed by atoms with E-state index in [4.69, 9.17) is 0 Å². The first kappa shape index (κ1) is 76.1. The molecule has 4 aromatic carbocycles. The molecule has 0 saturated heterocycles. The Morgan fingerprint density at radius 2 is 0.552 bits per heavy atom. The molecule has 0 amide bonds. The summed E-state index contributed by atoms with van der Waals surface area (Å²) in [7, 11) is 0. The van der Waals surface area contributed by atoms with E-state index >= 15 is 0 Å². The van der Waals surface area contributed by atoms with Crippen LogP contribution >= 0.6 is 0 Å². The Bertz CT molecular complexity index is 2280. The van der Waals surface area contributed by atoms with Gasteiger partial charge in [0.25, 0.3) is 0 Å². The van der Waals surface area contributed by atoms with Gasteiger partial charge in [-0.2, -0.15) is 0 Å². The van der Waals surface area contributed by atoms with Crippen LogP contribution in [0.1, 0.15) is 355 Å². The van der Waals surface area contributed by atoms with Crippen molar-refractivity contribution in [1.29, 1.82) is 0 Å².